The first kappa shape index (κ1) is 25.9. The Bertz CT molecular complexity index is 742. The maximum absolute atomic E-state index is 11.9. The zero-order valence-corrected chi connectivity index (χ0v) is 21.8. The van der Waals surface area contributed by atoms with Crippen LogP contribution in [0.2, 0.25) is 0 Å². The molecule has 186 valence electrons. The van der Waals surface area contributed by atoms with Crippen LogP contribution in [0.1, 0.15) is 84.6 Å². The van der Waals surface area contributed by atoms with Gasteiger partial charge in [-0.05, 0) is 74.5 Å². The number of piperazine rings is 1. The quantitative estimate of drug-likeness (QED) is 0.536. The summed E-state index contributed by atoms with van der Waals surface area (Å²) in [6.45, 7) is 17.7. The Labute approximate surface area is 202 Å². The van der Waals surface area contributed by atoms with Gasteiger partial charge in [0.15, 0.2) is 6.61 Å². The Morgan fingerprint density at radius 2 is 1.76 bits per heavy atom. The van der Waals surface area contributed by atoms with Crippen molar-refractivity contribution >= 4 is 11.6 Å². The van der Waals surface area contributed by atoms with Crippen molar-refractivity contribution in [2.45, 2.75) is 79.1 Å². The number of nitrogens with one attached hydrogen (secondary N) is 1. The van der Waals surface area contributed by atoms with Crippen LogP contribution in [-0.4, -0.2) is 56.7 Å². The fourth-order valence-electron chi connectivity index (χ4n) is 5.49. The van der Waals surface area contributed by atoms with Gasteiger partial charge in [0.1, 0.15) is 5.75 Å². The topological polar surface area (TPSA) is 44.8 Å². The van der Waals surface area contributed by atoms with Crippen molar-refractivity contribution in [3.05, 3.63) is 23.8 Å². The summed E-state index contributed by atoms with van der Waals surface area (Å²) in [4.78, 5) is 17.1. The third kappa shape index (κ3) is 7.37. The molecule has 1 amide bonds. The van der Waals surface area contributed by atoms with E-state index in [1.165, 1.54) is 56.3 Å². The lowest BCUT2D eigenvalue weighted by atomic mass is 9.68. The molecule has 1 saturated heterocycles. The summed E-state index contributed by atoms with van der Waals surface area (Å²) in [5.74, 6) is 2.18. The van der Waals surface area contributed by atoms with Gasteiger partial charge in [-0.25, -0.2) is 0 Å². The molecule has 1 aromatic carbocycles. The van der Waals surface area contributed by atoms with E-state index < -0.39 is 0 Å². The van der Waals surface area contributed by atoms with Crippen molar-refractivity contribution < 1.29 is 9.53 Å². The molecule has 0 radical (unpaired) electrons. The molecule has 0 spiro atoms. The molecule has 1 aliphatic carbocycles. The molecule has 0 unspecified atom stereocenters. The molecule has 33 heavy (non-hydrogen) atoms. The number of anilines is 1. The number of likely N-dealkylation sites (N-methyl/N-ethyl adjacent to an activating group) is 1. The normalized spacial score (nSPS) is 22.3. The van der Waals surface area contributed by atoms with Gasteiger partial charge < -0.3 is 15.0 Å². The molecule has 1 aromatic rings. The highest BCUT2D eigenvalue weighted by atomic mass is 16.5. The lowest BCUT2D eigenvalue weighted by Crippen LogP contribution is -2.47. The van der Waals surface area contributed by atoms with Gasteiger partial charge in [-0.3, -0.25) is 9.69 Å². The summed E-state index contributed by atoms with van der Waals surface area (Å²) in [7, 11) is 0. The number of carbonyl (C=O) groups excluding carboxylic acids is 1. The lowest BCUT2D eigenvalue weighted by Gasteiger charge is -2.40. The minimum atomic E-state index is -0.0619. The van der Waals surface area contributed by atoms with Crippen LogP contribution in [-0.2, 0) is 4.79 Å². The molecule has 1 N–H and O–H groups in total. The van der Waals surface area contributed by atoms with E-state index in [0.29, 0.717) is 17.9 Å². The first-order valence-corrected chi connectivity index (χ1v) is 13.3. The molecule has 1 aliphatic heterocycles. The monoisotopic (exact) mass is 457 g/mol. The summed E-state index contributed by atoms with van der Waals surface area (Å²) in [6, 6.07) is 6.56. The molecular weight excluding hydrogens is 410 g/mol. The standard InChI is InChI=1S/C28H47N3O2/c1-6-8-15-30-16-18-31(19-17-30)26-20-24(33-21-27(32)29-7-2)13-14-25(26)22-9-11-23(12-10-22)28(3,4)5/h13-14,20,22-23H,6-12,15-19,21H2,1-5H3,(H,29,32). The molecule has 3 rings (SSSR count). The maximum atomic E-state index is 11.9. The molecule has 5 heteroatoms. The van der Waals surface area contributed by atoms with Crippen LogP contribution in [0.15, 0.2) is 18.2 Å². The summed E-state index contributed by atoms with van der Waals surface area (Å²) in [5, 5.41) is 2.81. The Balaban J connectivity index is 1.74. The second-order valence-electron chi connectivity index (χ2n) is 11.1. The van der Waals surface area contributed by atoms with Gasteiger partial charge in [0.25, 0.3) is 5.91 Å². The molecule has 5 nitrogen and oxygen atoms in total. The van der Waals surface area contributed by atoms with E-state index in [0.717, 1.165) is 37.8 Å². The number of hydrogen-bond donors (Lipinski definition) is 1. The minimum Gasteiger partial charge on any atom is -0.484 e. The fraction of sp³-hybridized carbons (Fsp3) is 0.750. The van der Waals surface area contributed by atoms with Crippen LogP contribution < -0.4 is 15.0 Å². The highest BCUT2D eigenvalue weighted by Crippen LogP contribution is 2.45. The molecule has 0 bridgehead atoms. The van der Waals surface area contributed by atoms with Crippen LogP contribution in [0.5, 0.6) is 5.75 Å². The average Bonchev–Trinajstić information content (AvgIpc) is 2.81. The van der Waals surface area contributed by atoms with Crippen molar-refractivity contribution in [2.24, 2.45) is 11.3 Å². The van der Waals surface area contributed by atoms with Gasteiger partial charge in [0.2, 0.25) is 0 Å². The molecule has 2 fully saturated rings. The Kier molecular flexibility index (Phi) is 9.48. The number of unbranched alkanes of at least 4 members (excludes halogenated alkanes) is 1. The number of carbonyl (C=O) groups is 1. The molecule has 1 saturated carbocycles. The van der Waals surface area contributed by atoms with Gasteiger partial charge in [-0.2, -0.15) is 0 Å². The first-order chi connectivity index (χ1) is 15.8. The predicted octanol–water partition coefficient (Wildman–Crippen LogP) is 5.44. The Morgan fingerprint density at radius 1 is 1.06 bits per heavy atom. The number of nitrogens with zero attached hydrogens (tertiary/aromatic N) is 2. The van der Waals surface area contributed by atoms with E-state index in [1.54, 1.807) is 0 Å². The highest BCUT2D eigenvalue weighted by molar-refractivity contribution is 5.77. The number of amides is 1. The summed E-state index contributed by atoms with van der Waals surface area (Å²) in [6.07, 6.45) is 7.70. The SMILES string of the molecule is CCCCN1CCN(c2cc(OCC(=O)NCC)ccc2C2CCC(C(C)(C)C)CC2)CC1. The Morgan fingerprint density at radius 3 is 2.36 bits per heavy atom. The zero-order chi connectivity index (χ0) is 23.8. The van der Waals surface area contributed by atoms with Crippen molar-refractivity contribution in [3.63, 3.8) is 0 Å². The second-order valence-corrected chi connectivity index (χ2v) is 11.1. The van der Waals surface area contributed by atoms with E-state index >= 15 is 0 Å². The van der Waals surface area contributed by atoms with Crippen LogP contribution in [0.4, 0.5) is 5.69 Å². The third-order valence-corrected chi connectivity index (χ3v) is 7.68. The van der Waals surface area contributed by atoms with Crippen molar-refractivity contribution in [2.75, 3.05) is 50.8 Å². The van der Waals surface area contributed by atoms with E-state index in [-0.39, 0.29) is 12.5 Å². The van der Waals surface area contributed by atoms with Gasteiger partial charge in [0.05, 0.1) is 0 Å². The summed E-state index contributed by atoms with van der Waals surface area (Å²) >= 11 is 0. The van der Waals surface area contributed by atoms with Gasteiger partial charge in [-0.15, -0.1) is 0 Å². The average molecular weight is 458 g/mol. The van der Waals surface area contributed by atoms with Crippen molar-refractivity contribution in [3.8, 4) is 5.75 Å². The van der Waals surface area contributed by atoms with E-state index in [9.17, 15) is 4.79 Å². The predicted molar refractivity (Wildman–Crippen MR) is 138 cm³/mol. The smallest absolute Gasteiger partial charge is 0.257 e. The lowest BCUT2D eigenvalue weighted by molar-refractivity contribution is -0.122. The van der Waals surface area contributed by atoms with Crippen molar-refractivity contribution in [1.29, 1.82) is 0 Å². The maximum Gasteiger partial charge on any atom is 0.257 e. The van der Waals surface area contributed by atoms with Crippen LogP contribution in [0, 0.1) is 11.3 Å². The van der Waals surface area contributed by atoms with E-state index in [1.807, 2.05) is 6.92 Å². The van der Waals surface area contributed by atoms with Crippen LogP contribution >= 0.6 is 0 Å². The largest absolute Gasteiger partial charge is 0.484 e. The van der Waals surface area contributed by atoms with Crippen LogP contribution in [0.25, 0.3) is 0 Å². The highest BCUT2D eigenvalue weighted by Gasteiger charge is 2.32. The molecule has 0 atom stereocenters. The van der Waals surface area contributed by atoms with Crippen molar-refractivity contribution in [1.82, 2.24) is 10.2 Å². The number of benzene rings is 1. The zero-order valence-electron chi connectivity index (χ0n) is 21.8. The summed E-state index contributed by atoms with van der Waals surface area (Å²) < 4.78 is 5.88. The van der Waals surface area contributed by atoms with Crippen LogP contribution in [0.3, 0.4) is 0 Å². The molecular formula is C28H47N3O2. The number of hydrogen-bond acceptors (Lipinski definition) is 4. The molecule has 2 aliphatic rings. The van der Waals surface area contributed by atoms with E-state index in [2.05, 4.69) is 61.0 Å². The number of rotatable bonds is 9. The second kappa shape index (κ2) is 12.1. The van der Waals surface area contributed by atoms with Gasteiger partial charge in [-0.1, -0.05) is 40.2 Å². The van der Waals surface area contributed by atoms with E-state index in [4.69, 9.17) is 4.74 Å². The minimum absolute atomic E-state index is 0.0619. The molecule has 1 heterocycles. The van der Waals surface area contributed by atoms with Gasteiger partial charge in [0, 0.05) is 44.5 Å². The van der Waals surface area contributed by atoms with Gasteiger partial charge >= 0.3 is 0 Å². The third-order valence-electron chi connectivity index (χ3n) is 7.68. The first-order valence-electron chi connectivity index (χ1n) is 13.3. The molecule has 0 aromatic heterocycles. The number of ether oxygens (including phenoxy) is 1. The Hall–Kier alpha value is -1.75. The fourth-order valence-corrected chi connectivity index (χ4v) is 5.49. The summed E-state index contributed by atoms with van der Waals surface area (Å²) in [5.41, 5.74) is 3.21.